The Morgan fingerprint density at radius 2 is 2.33 bits per heavy atom. The van der Waals surface area contributed by atoms with Crippen molar-refractivity contribution in [1.29, 1.82) is 0 Å². The van der Waals surface area contributed by atoms with Gasteiger partial charge in [0.25, 0.3) is 10.2 Å². The Morgan fingerprint density at radius 1 is 1.67 bits per heavy atom. The molecule has 1 N–H and O–H groups in total. The van der Waals surface area contributed by atoms with Crippen LogP contribution in [0, 0.1) is 0 Å². The zero-order valence-corrected chi connectivity index (χ0v) is 6.36. The van der Waals surface area contributed by atoms with Crippen LogP contribution in [0.25, 0.3) is 0 Å². The lowest BCUT2D eigenvalue weighted by Gasteiger charge is -2.15. The SMILES string of the molecule is O=C1C=C(O)OC(I)O1. The molecule has 0 bridgehead atoms. The van der Waals surface area contributed by atoms with E-state index in [-0.39, 0.29) is 0 Å². The summed E-state index contributed by atoms with van der Waals surface area (Å²) < 4.78 is 8.25. The fourth-order valence-corrected chi connectivity index (χ4v) is 0.890. The summed E-state index contributed by atoms with van der Waals surface area (Å²) in [7, 11) is 0. The molecule has 0 aromatic rings. The monoisotopic (exact) mass is 242 g/mol. The second-order valence-corrected chi connectivity index (χ2v) is 2.33. The van der Waals surface area contributed by atoms with E-state index < -0.39 is 16.2 Å². The number of hydrogen-bond donors (Lipinski definition) is 1. The fourth-order valence-electron chi connectivity index (χ4n) is 0.379. The van der Waals surface area contributed by atoms with Gasteiger partial charge in [0.2, 0.25) is 0 Å². The maximum atomic E-state index is 10.3. The Bertz CT molecular complexity index is 164. The van der Waals surface area contributed by atoms with Crippen LogP contribution in [0.15, 0.2) is 12.0 Å². The van der Waals surface area contributed by atoms with Crippen LogP contribution >= 0.6 is 22.6 Å². The summed E-state index contributed by atoms with van der Waals surface area (Å²) >= 11 is 1.72. The minimum Gasteiger partial charge on any atom is -0.481 e. The molecule has 5 heteroatoms. The minimum absolute atomic E-state index is 0.398. The van der Waals surface area contributed by atoms with E-state index in [1.165, 1.54) is 0 Å². The van der Waals surface area contributed by atoms with Gasteiger partial charge in [-0.25, -0.2) is 4.79 Å². The summed E-state index contributed by atoms with van der Waals surface area (Å²) in [5, 5.41) is 8.58. The molecule has 1 atom stereocenters. The van der Waals surface area contributed by atoms with Crippen LogP contribution in [-0.4, -0.2) is 15.4 Å². The van der Waals surface area contributed by atoms with E-state index in [9.17, 15) is 4.79 Å². The van der Waals surface area contributed by atoms with Crippen molar-refractivity contribution in [1.82, 2.24) is 0 Å². The van der Waals surface area contributed by atoms with Crippen molar-refractivity contribution in [3.05, 3.63) is 12.0 Å². The minimum atomic E-state index is -0.708. The van der Waals surface area contributed by atoms with Crippen LogP contribution in [0.2, 0.25) is 0 Å². The summed E-state index contributed by atoms with van der Waals surface area (Å²) in [5.41, 5.74) is 0. The predicted octanol–water partition coefficient (Wildman–Crippen LogP) is 0.678. The molecule has 1 aliphatic rings. The van der Waals surface area contributed by atoms with Crippen LogP contribution in [0.1, 0.15) is 0 Å². The lowest BCUT2D eigenvalue weighted by atomic mass is 10.6. The van der Waals surface area contributed by atoms with Crippen molar-refractivity contribution < 1.29 is 19.4 Å². The third kappa shape index (κ3) is 1.74. The number of esters is 1. The first-order valence-electron chi connectivity index (χ1n) is 2.10. The average Bonchev–Trinajstić information content (AvgIpc) is 1.59. The molecule has 0 fully saturated rings. The van der Waals surface area contributed by atoms with Crippen LogP contribution in [0.5, 0.6) is 0 Å². The molecule has 9 heavy (non-hydrogen) atoms. The van der Waals surface area contributed by atoms with E-state index in [1.54, 1.807) is 22.6 Å². The number of rotatable bonds is 0. The number of aliphatic hydroxyl groups is 1. The molecule has 0 amide bonds. The molecule has 0 aromatic heterocycles. The Labute approximate surface area is 64.6 Å². The number of carbonyl (C=O) groups is 1. The molecule has 0 radical (unpaired) electrons. The normalized spacial score (nSPS) is 26.1. The number of alkyl halides is 1. The molecule has 0 saturated carbocycles. The Morgan fingerprint density at radius 3 is 2.78 bits per heavy atom. The van der Waals surface area contributed by atoms with Gasteiger partial charge in [-0.15, -0.1) is 0 Å². The number of cyclic esters (lactones) is 1. The lowest BCUT2D eigenvalue weighted by molar-refractivity contribution is -0.159. The van der Waals surface area contributed by atoms with Gasteiger partial charge in [0.1, 0.15) is 6.08 Å². The van der Waals surface area contributed by atoms with E-state index in [0.717, 1.165) is 6.08 Å². The molecule has 0 saturated heterocycles. The Balaban J connectivity index is 2.67. The van der Waals surface area contributed by atoms with E-state index in [1.807, 2.05) is 0 Å². The van der Waals surface area contributed by atoms with Crippen LogP contribution in [0.4, 0.5) is 0 Å². The number of hydrogen-bond acceptors (Lipinski definition) is 4. The molecule has 50 valence electrons. The largest absolute Gasteiger partial charge is 0.481 e. The van der Waals surface area contributed by atoms with E-state index in [2.05, 4.69) is 9.47 Å². The van der Waals surface area contributed by atoms with E-state index >= 15 is 0 Å². The highest BCUT2D eigenvalue weighted by molar-refractivity contribution is 14.1. The number of halogens is 1. The standard InChI is InChI=1S/C4H3IO4/c5-4-8-2(6)1-3(7)9-4/h1,4,6H. The maximum Gasteiger partial charge on any atom is 0.341 e. The van der Waals surface area contributed by atoms with Crippen molar-refractivity contribution in [3.8, 4) is 0 Å². The van der Waals surface area contributed by atoms with Crippen LogP contribution in [-0.2, 0) is 14.3 Å². The quantitative estimate of drug-likeness (QED) is 0.385. The van der Waals surface area contributed by atoms with Crippen LogP contribution < -0.4 is 0 Å². The van der Waals surface area contributed by atoms with Crippen molar-refractivity contribution in [2.75, 3.05) is 0 Å². The van der Waals surface area contributed by atoms with Crippen molar-refractivity contribution in [3.63, 3.8) is 0 Å². The highest BCUT2D eigenvalue weighted by atomic mass is 127. The van der Waals surface area contributed by atoms with Gasteiger partial charge < -0.3 is 14.6 Å². The first-order valence-corrected chi connectivity index (χ1v) is 3.35. The molecular formula is C4H3IO4. The first-order chi connectivity index (χ1) is 4.18. The van der Waals surface area contributed by atoms with Gasteiger partial charge in [0.15, 0.2) is 0 Å². The second-order valence-electron chi connectivity index (χ2n) is 1.31. The first kappa shape index (κ1) is 6.66. The third-order valence-corrected chi connectivity index (χ3v) is 1.17. The van der Waals surface area contributed by atoms with Gasteiger partial charge in [0, 0.05) is 22.6 Å². The molecular weight excluding hydrogens is 239 g/mol. The average molecular weight is 242 g/mol. The topological polar surface area (TPSA) is 55.8 Å². The summed E-state index contributed by atoms with van der Waals surface area (Å²) in [5.74, 6) is -0.983. The molecule has 0 aromatic carbocycles. The number of ether oxygens (including phenoxy) is 2. The van der Waals surface area contributed by atoms with Gasteiger partial charge in [0.05, 0.1) is 0 Å². The van der Waals surface area contributed by atoms with Crippen LogP contribution in [0.3, 0.4) is 0 Å². The van der Waals surface area contributed by atoms with E-state index in [4.69, 9.17) is 5.11 Å². The Kier molecular flexibility index (Phi) is 1.79. The van der Waals surface area contributed by atoms with E-state index in [0.29, 0.717) is 0 Å². The molecule has 1 heterocycles. The fraction of sp³-hybridized carbons (Fsp3) is 0.250. The zero-order valence-electron chi connectivity index (χ0n) is 4.20. The van der Waals surface area contributed by atoms with Gasteiger partial charge in [-0.05, 0) is 0 Å². The highest BCUT2D eigenvalue weighted by Gasteiger charge is 2.18. The summed E-state index contributed by atoms with van der Waals surface area (Å²) in [6, 6.07) is 0. The highest BCUT2D eigenvalue weighted by Crippen LogP contribution is 2.14. The molecule has 0 spiro atoms. The van der Waals surface area contributed by atoms with Crippen molar-refractivity contribution in [2.45, 2.75) is 4.30 Å². The van der Waals surface area contributed by atoms with Crippen molar-refractivity contribution >= 4 is 28.6 Å². The summed E-state index contributed by atoms with van der Waals surface area (Å²) in [4.78, 5) is 10.3. The number of carbonyl (C=O) groups excluding carboxylic acids is 1. The summed E-state index contributed by atoms with van der Waals surface area (Å²) in [6.07, 6.45) is 0.870. The number of aliphatic hydroxyl groups excluding tert-OH is 1. The van der Waals surface area contributed by atoms with Gasteiger partial charge in [-0.1, -0.05) is 0 Å². The summed E-state index contributed by atoms with van der Waals surface area (Å²) in [6.45, 7) is 0. The van der Waals surface area contributed by atoms with Gasteiger partial charge in [-0.2, -0.15) is 0 Å². The molecule has 0 aliphatic carbocycles. The smallest absolute Gasteiger partial charge is 0.341 e. The van der Waals surface area contributed by atoms with Gasteiger partial charge in [-0.3, -0.25) is 0 Å². The van der Waals surface area contributed by atoms with Crippen molar-refractivity contribution in [2.24, 2.45) is 0 Å². The molecule has 4 nitrogen and oxygen atoms in total. The lowest BCUT2D eigenvalue weighted by Crippen LogP contribution is -2.19. The zero-order chi connectivity index (χ0) is 6.85. The van der Waals surface area contributed by atoms with Gasteiger partial charge >= 0.3 is 5.97 Å². The molecule has 1 rings (SSSR count). The third-order valence-electron chi connectivity index (χ3n) is 0.664. The maximum absolute atomic E-state index is 10.3. The Hall–Kier alpha value is -0.460. The second kappa shape index (κ2) is 2.42. The molecule has 1 unspecified atom stereocenters. The predicted molar refractivity (Wildman–Crippen MR) is 35.7 cm³/mol. The molecule has 1 aliphatic heterocycles.